The van der Waals surface area contributed by atoms with Gasteiger partial charge in [-0.05, 0) is 30.2 Å². The Labute approximate surface area is 201 Å². The summed E-state index contributed by atoms with van der Waals surface area (Å²) in [5, 5.41) is 0. The molecule has 0 aliphatic heterocycles. The first kappa shape index (κ1) is 25.0. The molecule has 12 heteroatoms. The molecule has 0 unspecified atom stereocenters. The van der Waals surface area contributed by atoms with Crippen LogP contribution in [0.1, 0.15) is 25.3 Å². The number of rotatable bonds is 8. The van der Waals surface area contributed by atoms with Crippen LogP contribution in [-0.2, 0) is 20.1 Å². The summed E-state index contributed by atoms with van der Waals surface area (Å²) in [5.41, 5.74) is -0.303. The number of aryl methyl sites for hydroxylation is 1. The molecule has 0 bridgehead atoms. The van der Waals surface area contributed by atoms with Crippen molar-refractivity contribution in [1.29, 1.82) is 0 Å². The molecule has 4 rings (SSSR count). The van der Waals surface area contributed by atoms with Crippen molar-refractivity contribution in [1.82, 2.24) is 18.7 Å². The summed E-state index contributed by atoms with van der Waals surface area (Å²) < 4.78 is 65.5. The van der Waals surface area contributed by atoms with E-state index in [4.69, 9.17) is 4.74 Å². The van der Waals surface area contributed by atoms with Gasteiger partial charge in [0, 0.05) is 31.9 Å². The molecule has 0 aliphatic carbocycles. The molecule has 1 aromatic carbocycles. The number of pyridine rings is 1. The summed E-state index contributed by atoms with van der Waals surface area (Å²) in [7, 11) is 1.50. The number of fused-ring (bicyclic) bond motifs is 1. The van der Waals surface area contributed by atoms with Crippen LogP contribution in [0.4, 0.5) is 17.6 Å². The van der Waals surface area contributed by atoms with Gasteiger partial charge in [-0.1, -0.05) is 19.4 Å². The number of alkyl halides is 3. The van der Waals surface area contributed by atoms with Gasteiger partial charge < -0.3 is 14.0 Å². The van der Waals surface area contributed by atoms with Gasteiger partial charge in [-0.3, -0.25) is 18.9 Å². The number of ether oxygens (including phenoxy) is 2. The van der Waals surface area contributed by atoms with E-state index in [1.54, 1.807) is 0 Å². The standard InChI is InChI=1S/C24H22F4N4O4/c1-3-4-8-31-22(33)21-19(30(2)23(31)34)11-20(32(21)14-15-9-16(25)13-29-12-15)35-17-6-5-7-18(10-17)36-24(26,27)28/h5-7,9-13H,3-4,8,14H2,1-2H3. The highest BCUT2D eigenvalue weighted by Gasteiger charge is 2.31. The van der Waals surface area contributed by atoms with Gasteiger partial charge in [0.05, 0.1) is 18.3 Å². The average molecular weight is 506 g/mol. The van der Waals surface area contributed by atoms with E-state index in [0.717, 1.165) is 29.3 Å². The average Bonchev–Trinajstić information content (AvgIpc) is 3.15. The Morgan fingerprint density at radius 2 is 1.78 bits per heavy atom. The third kappa shape index (κ3) is 5.26. The van der Waals surface area contributed by atoms with E-state index in [1.165, 1.54) is 46.6 Å². The number of hydrogen-bond donors (Lipinski definition) is 0. The zero-order valence-corrected chi connectivity index (χ0v) is 19.4. The molecule has 3 heterocycles. The third-order valence-electron chi connectivity index (χ3n) is 5.46. The Morgan fingerprint density at radius 1 is 1.03 bits per heavy atom. The Hall–Kier alpha value is -4.09. The zero-order chi connectivity index (χ0) is 26.0. The monoisotopic (exact) mass is 506 g/mol. The first-order valence-corrected chi connectivity index (χ1v) is 11.0. The van der Waals surface area contributed by atoms with E-state index < -0.39 is 29.2 Å². The van der Waals surface area contributed by atoms with Crippen LogP contribution in [-0.4, -0.2) is 25.0 Å². The van der Waals surface area contributed by atoms with Crippen LogP contribution in [0.2, 0.25) is 0 Å². The lowest BCUT2D eigenvalue weighted by molar-refractivity contribution is -0.274. The molecule has 190 valence electrons. The van der Waals surface area contributed by atoms with Gasteiger partial charge in [0.1, 0.15) is 22.8 Å². The number of hydrogen-bond acceptors (Lipinski definition) is 5. The fourth-order valence-electron chi connectivity index (χ4n) is 3.83. The van der Waals surface area contributed by atoms with Gasteiger partial charge in [-0.25, -0.2) is 9.18 Å². The molecular formula is C24H22F4N4O4. The molecular weight excluding hydrogens is 484 g/mol. The maximum absolute atomic E-state index is 13.8. The van der Waals surface area contributed by atoms with Gasteiger partial charge >= 0.3 is 12.1 Å². The van der Waals surface area contributed by atoms with Crippen LogP contribution in [0, 0.1) is 5.82 Å². The Bertz CT molecular complexity index is 1520. The highest BCUT2D eigenvalue weighted by atomic mass is 19.4. The third-order valence-corrected chi connectivity index (χ3v) is 5.46. The lowest BCUT2D eigenvalue weighted by atomic mass is 10.3. The normalized spacial score (nSPS) is 11.7. The van der Waals surface area contributed by atoms with Gasteiger partial charge in [0.15, 0.2) is 0 Å². The maximum Gasteiger partial charge on any atom is 0.573 e. The van der Waals surface area contributed by atoms with Crippen LogP contribution >= 0.6 is 0 Å². The first-order valence-electron chi connectivity index (χ1n) is 11.0. The minimum Gasteiger partial charge on any atom is -0.441 e. The summed E-state index contributed by atoms with van der Waals surface area (Å²) in [5.74, 6) is -1.03. The largest absolute Gasteiger partial charge is 0.573 e. The Kier molecular flexibility index (Phi) is 6.86. The van der Waals surface area contributed by atoms with Crippen molar-refractivity contribution in [2.45, 2.75) is 39.2 Å². The lowest BCUT2D eigenvalue weighted by Crippen LogP contribution is -2.39. The predicted octanol–water partition coefficient (Wildman–Crippen LogP) is 4.58. The minimum absolute atomic E-state index is 0.00511. The highest BCUT2D eigenvalue weighted by molar-refractivity contribution is 5.78. The van der Waals surface area contributed by atoms with E-state index >= 15 is 0 Å². The van der Waals surface area contributed by atoms with Crippen LogP contribution in [0.15, 0.2) is 58.4 Å². The van der Waals surface area contributed by atoms with Crippen LogP contribution in [0.25, 0.3) is 11.0 Å². The number of unbranched alkanes of at least 4 members (excludes halogenated alkanes) is 1. The topological polar surface area (TPSA) is 80.3 Å². The van der Waals surface area contributed by atoms with Crippen molar-refractivity contribution in [2.75, 3.05) is 0 Å². The van der Waals surface area contributed by atoms with Crippen molar-refractivity contribution in [2.24, 2.45) is 7.05 Å². The second-order valence-corrected chi connectivity index (χ2v) is 8.09. The molecule has 3 aromatic heterocycles. The van der Waals surface area contributed by atoms with Crippen LogP contribution in [0.3, 0.4) is 0 Å². The van der Waals surface area contributed by atoms with Crippen molar-refractivity contribution in [3.8, 4) is 17.4 Å². The second kappa shape index (κ2) is 9.88. The summed E-state index contributed by atoms with van der Waals surface area (Å²) in [6, 6.07) is 7.55. The van der Waals surface area contributed by atoms with Crippen molar-refractivity contribution >= 4 is 11.0 Å². The molecule has 0 amide bonds. The zero-order valence-electron chi connectivity index (χ0n) is 19.4. The van der Waals surface area contributed by atoms with E-state index in [0.29, 0.717) is 12.0 Å². The van der Waals surface area contributed by atoms with Gasteiger partial charge in [0.25, 0.3) is 5.56 Å². The number of halogens is 4. The summed E-state index contributed by atoms with van der Waals surface area (Å²) in [4.78, 5) is 30.1. The molecule has 0 fully saturated rings. The summed E-state index contributed by atoms with van der Waals surface area (Å²) in [6.45, 7) is 2.08. The van der Waals surface area contributed by atoms with E-state index in [1.807, 2.05) is 6.92 Å². The molecule has 0 radical (unpaired) electrons. The molecule has 36 heavy (non-hydrogen) atoms. The molecule has 0 N–H and O–H groups in total. The predicted molar refractivity (Wildman–Crippen MR) is 123 cm³/mol. The maximum atomic E-state index is 13.8. The Balaban J connectivity index is 1.88. The molecule has 0 saturated heterocycles. The number of benzene rings is 1. The molecule has 4 aromatic rings. The van der Waals surface area contributed by atoms with E-state index in [-0.39, 0.29) is 35.8 Å². The van der Waals surface area contributed by atoms with Gasteiger partial charge in [-0.2, -0.15) is 0 Å². The molecule has 0 aliphatic rings. The first-order chi connectivity index (χ1) is 17.1. The highest BCUT2D eigenvalue weighted by Crippen LogP contribution is 2.32. The molecule has 0 saturated carbocycles. The second-order valence-electron chi connectivity index (χ2n) is 8.09. The molecule has 0 spiro atoms. The summed E-state index contributed by atoms with van der Waals surface area (Å²) >= 11 is 0. The Morgan fingerprint density at radius 3 is 2.47 bits per heavy atom. The van der Waals surface area contributed by atoms with Gasteiger partial charge in [-0.15, -0.1) is 13.2 Å². The summed E-state index contributed by atoms with van der Waals surface area (Å²) in [6.07, 6.45) is -1.09. The minimum atomic E-state index is -4.89. The number of nitrogens with zero attached hydrogens (tertiary/aromatic N) is 4. The van der Waals surface area contributed by atoms with Gasteiger partial charge in [0.2, 0.25) is 5.88 Å². The van der Waals surface area contributed by atoms with Crippen LogP contribution in [0.5, 0.6) is 17.4 Å². The van der Waals surface area contributed by atoms with E-state index in [9.17, 15) is 27.2 Å². The van der Waals surface area contributed by atoms with Crippen molar-refractivity contribution in [3.63, 3.8) is 0 Å². The fraction of sp³-hybridized carbons (Fsp3) is 0.292. The quantitative estimate of drug-likeness (QED) is 0.327. The SMILES string of the molecule is CCCCn1c(=O)c2c(cc(Oc3cccc(OC(F)(F)F)c3)n2Cc2cncc(F)c2)n(C)c1=O. The van der Waals surface area contributed by atoms with Crippen LogP contribution < -0.4 is 20.7 Å². The van der Waals surface area contributed by atoms with Crippen molar-refractivity contribution < 1.29 is 27.0 Å². The van der Waals surface area contributed by atoms with E-state index in [2.05, 4.69) is 9.72 Å². The van der Waals surface area contributed by atoms with Crippen molar-refractivity contribution in [3.05, 3.63) is 81.0 Å². The smallest absolute Gasteiger partial charge is 0.441 e. The fourth-order valence-corrected chi connectivity index (χ4v) is 3.83. The molecule has 0 atom stereocenters. The number of aromatic nitrogens is 4. The molecule has 8 nitrogen and oxygen atoms in total. The lowest BCUT2D eigenvalue weighted by Gasteiger charge is -2.14.